The van der Waals surface area contributed by atoms with Gasteiger partial charge in [0.2, 0.25) is 0 Å². The van der Waals surface area contributed by atoms with E-state index in [4.69, 9.17) is 11.6 Å². The fourth-order valence-electron chi connectivity index (χ4n) is 3.31. The van der Waals surface area contributed by atoms with E-state index in [1.807, 2.05) is 56.3 Å². The topological polar surface area (TPSA) is 74.8 Å². The maximum absolute atomic E-state index is 13.0. The average Bonchev–Trinajstić information content (AvgIpc) is 3.12. The second-order valence-electron chi connectivity index (χ2n) is 6.80. The van der Waals surface area contributed by atoms with Gasteiger partial charge in [0.15, 0.2) is 0 Å². The van der Waals surface area contributed by atoms with Crippen LogP contribution in [0.3, 0.4) is 0 Å². The lowest BCUT2D eigenvalue weighted by molar-refractivity contribution is 0.0952. The number of nitrogens with one attached hydrogen (secondary N) is 2. The Labute approximate surface area is 176 Å². The second kappa shape index (κ2) is 7.81. The molecule has 0 aliphatic heterocycles. The fraction of sp³-hybridized carbons (Fsp3) is 0.136. The lowest BCUT2D eigenvalue weighted by Crippen LogP contribution is -2.28. The van der Waals surface area contributed by atoms with Crippen molar-refractivity contribution >= 4 is 39.7 Å². The SMILES string of the molecule is Cc1cc(C)c(CNC(=O)c2cc(-c3ccc(Cl)s3)nc3ccccc23)c(=O)[nH]1. The molecule has 5 nitrogen and oxygen atoms in total. The number of hydrogen-bond acceptors (Lipinski definition) is 4. The third-order valence-corrected chi connectivity index (χ3v) is 5.96. The summed E-state index contributed by atoms with van der Waals surface area (Å²) in [5.74, 6) is -0.258. The lowest BCUT2D eigenvalue weighted by Gasteiger charge is -2.11. The molecule has 0 saturated heterocycles. The van der Waals surface area contributed by atoms with E-state index < -0.39 is 0 Å². The molecule has 0 radical (unpaired) electrons. The minimum Gasteiger partial charge on any atom is -0.348 e. The van der Waals surface area contributed by atoms with Gasteiger partial charge in [0.05, 0.1) is 26.0 Å². The summed E-state index contributed by atoms with van der Waals surface area (Å²) in [6.45, 7) is 3.85. The molecule has 146 valence electrons. The van der Waals surface area contributed by atoms with E-state index in [2.05, 4.69) is 15.3 Å². The number of thiophene rings is 1. The Morgan fingerprint density at radius 3 is 2.69 bits per heavy atom. The van der Waals surface area contributed by atoms with Crippen molar-refractivity contribution in [3.05, 3.63) is 85.6 Å². The van der Waals surface area contributed by atoms with Crippen molar-refractivity contribution < 1.29 is 4.79 Å². The van der Waals surface area contributed by atoms with Crippen LogP contribution in [-0.2, 0) is 6.54 Å². The number of nitrogens with zero attached hydrogens (tertiary/aromatic N) is 1. The van der Waals surface area contributed by atoms with Gasteiger partial charge in [-0.1, -0.05) is 29.8 Å². The molecule has 29 heavy (non-hydrogen) atoms. The summed E-state index contributed by atoms with van der Waals surface area (Å²) in [6, 6.07) is 14.9. The first-order valence-corrected chi connectivity index (χ1v) is 10.2. The normalized spacial score (nSPS) is 11.0. The Morgan fingerprint density at radius 2 is 1.97 bits per heavy atom. The molecular weight excluding hydrogens is 406 g/mol. The van der Waals surface area contributed by atoms with Gasteiger partial charge >= 0.3 is 0 Å². The van der Waals surface area contributed by atoms with Crippen LogP contribution in [0.5, 0.6) is 0 Å². The predicted molar refractivity (Wildman–Crippen MR) is 118 cm³/mol. The van der Waals surface area contributed by atoms with E-state index in [-0.39, 0.29) is 18.0 Å². The third kappa shape index (κ3) is 3.95. The minimum atomic E-state index is -0.258. The molecule has 1 aromatic carbocycles. The standard InChI is InChI=1S/C22H18ClN3O2S/c1-12-9-13(2)25-22(28)16(12)11-24-21(27)15-10-18(19-7-8-20(23)29-19)26-17-6-4-3-5-14(15)17/h3-10H,11H2,1-2H3,(H,24,27)(H,25,28). The average molecular weight is 424 g/mol. The van der Waals surface area contributed by atoms with E-state index in [0.29, 0.717) is 21.2 Å². The quantitative estimate of drug-likeness (QED) is 0.492. The Hall–Kier alpha value is -2.96. The molecule has 3 heterocycles. The molecule has 7 heteroatoms. The Morgan fingerprint density at radius 1 is 1.17 bits per heavy atom. The molecule has 2 N–H and O–H groups in total. The summed E-state index contributed by atoms with van der Waals surface area (Å²) in [6.07, 6.45) is 0. The van der Waals surface area contributed by atoms with Crippen LogP contribution in [0, 0.1) is 13.8 Å². The van der Waals surface area contributed by atoms with Crippen LogP contribution in [0.25, 0.3) is 21.5 Å². The zero-order valence-electron chi connectivity index (χ0n) is 15.9. The van der Waals surface area contributed by atoms with Gasteiger partial charge in [-0.2, -0.15) is 0 Å². The molecule has 0 spiro atoms. The maximum Gasteiger partial charge on any atom is 0.253 e. The number of fused-ring (bicyclic) bond motifs is 1. The third-order valence-electron chi connectivity index (χ3n) is 4.71. The van der Waals surface area contributed by atoms with E-state index in [0.717, 1.165) is 27.0 Å². The number of H-pyrrole nitrogens is 1. The number of amides is 1. The molecule has 0 saturated carbocycles. The number of pyridine rings is 2. The summed E-state index contributed by atoms with van der Waals surface area (Å²) in [5, 5.41) is 3.64. The van der Waals surface area contributed by atoms with Gasteiger partial charge in [-0.05, 0) is 49.7 Å². The number of halogens is 1. The molecule has 1 amide bonds. The maximum atomic E-state index is 13.0. The minimum absolute atomic E-state index is 0.150. The van der Waals surface area contributed by atoms with Crippen LogP contribution >= 0.6 is 22.9 Å². The van der Waals surface area contributed by atoms with Gasteiger partial charge in [0.1, 0.15) is 0 Å². The van der Waals surface area contributed by atoms with Crippen molar-refractivity contribution in [2.24, 2.45) is 0 Å². The molecule has 0 atom stereocenters. The smallest absolute Gasteiger partial charge is 0.253 e. The summed E-state index contributed by atoms with van der Waals surface area (Å²) in [4.78, 5) is 33.6. The first-order valence-electron chi connectivity index (χ1n) is 9.05. The zero-order chi connectivity index (χ0) is 20.5. The largest absolute Gasteiger partial charge is 0.348 e. The van der Waals surface area contributed by atoms with Crippen LogP contribution in [0.2, 0.25) is 4.34 Å². The number of carbonyl (C=O) groups excluding carboxylic acids is 1. The fourth-order valence-corrected chi connectivity index (χ4v) is 4.31. The molecule has 0 aliphatic rings. The van der Waals surface area contributed by atoms with E-state index in [9.17, 15) is 9.59 Å². The number of hydrogen-bond donors (Lipinski definition) is 2. The monoisotopic (exact) mass is 423 g/mol. The van der Waals surface area contributed by atoms with Crippen molar-refractivity contribution in [2.75, 3.05) is 0 Å². The molecule has 3 aromatic heterocycles. The van der Waals surface area contributed by atoms with Gasteiger partial charge in [-0.25, -0.2) is 4.98 Å². The van der Waals surface area contributed by atoms with Crippen LogP contribution in [0.4, 0.5) is 0 Å². The first kappa shape index (κ1) is 19.4. The van der Waals surface area contributed by atoms with Gasteiger partial charge in [-0.3, -0.25) is 9.59 Å². The molecule has 0 fully saturated rings. The van der Waals surface area contributed by atoms with Crippen molar-refractivity contribution in [3.8, 4) is 10.6 Å². The Bertz CT molecular complexity index is 1290. The highest BCUT2D eigenvalue weighted by molar-refractivity contribution is 7.19. The van der Waals surface area contributed by atoms with Gasteiger partial charge in [-0.15, -0.1) is 11.3 Å². The summed E-state index contributed by atoms with van der Waals surface area (Å²) in [5.41, 5.74) is 3.93. The lowest BCUT2D eigenvalue weighted by atomic mass is 10.1. The van der Waals surface area contributed by atoms with Crippen LogP contribution < -0.4 is 10.9 Å². The van der Waals surface area contributed by atoms with E-state index >= 15 is 0 Å². The van der Waals surface area contributed by atoms with Gasteiger partial charge in [0, 0.05) is 23.2 Å². The number of aryl methyl sites for hydroxylation is 2. The number of rotatable bonds is 4. The van der Waals surface area contributed by atoms with E-state index in [1.54, 1.807) is 6.07 Å². The highest BCUT2D eigenvalue weighted by atomic mass is 35.5. The van der Waals surface area contributed by atoms with Crippen LogP contribution in [-0.4, -0.2) is 15.9 Å². The second-order valence-corrected chi connectivity index (χ2v) is 8.52. The number of para-hydroxylation sites is 1. The van der Waals surface area contributed by atoms with Crippen molar-refractivity contribution in [2.45, 2.75) is 20.4 Å². The molecule has 4 aromatic rings. The Kier molecular flexibility index (Phi) is 5.22. The van der Waals surface area contributed by atoms with Gasteiger partial charge < -0.3 is 10.3 Å². The summed E-state index contributed by atoms with van der Waals surface area (Å²) < 4.78 is 0.662. The van der Waals surface area contributed by atoms with Crippen LogP contribution in [0.15, 0.2) is 53.3 Å². The number of benzene rings is 1. The van der Waals surface area contributed by atoms with Crippen molar-refractivity contribution in [3.63, 3.8) is 0 Å². The number of carbonyl (C=O) groups is 1. The summed E-state index contributed by atoms with van der Waals surface area (Å²) in [7, 11) is 0. The number of aromatic nitrogens is 2. The molecule has 0 aliphatic carbocycles. The number of aromatic amines is 1. The van der Waals surface area contributed by atoms with Crippen molar-refractivity contribution in [1.29, 1.82) is 0 Å². The highest BCUT2D eigenvalue weighted by Crippen LogP contribution is 2.32. The molecule has 0 bridgehead atoms. The van der Waals surface area contributed by atoms with E-state index in [1.165, 1.54) is 11.3 Å². The molecule has 4 rings (SSSR count). The van der Waals surface area contributed by atoms with Crippen molar-refractivity contribution in [1.82, 2.24) is 15.3 Å². The zero-order valence-corrected chi connectivity index (χ0v) is 17.4. The van der Waals surface area contributed by atoms with Gasteiger partial charge in [0.25, 0.3) is 11.5 Å². The highest BCUT2D eigenvalue weighted by Gasteiger charge is 2.16. The first-order chi connectivity index (χ1) is 13.9. The molecular formula is C22H18ClN3O2S. The predicted octanol–water partition coefficient (Wildman–Crippen LogP) is 4.85. The Balaban J connectivity index is 1.71. The molecule has 0 unspecified atom stereocenters. The van der Waals surface area contributed by atoms with Crippen LogP contribution in [0.1, 0.15) is 27.2 Å². The summed E-state index contributed by atoms with van der Waals surface area (Å²) >= 11 is 7.48.